The monoisotopic (exact) mass is 584 g/mol. The van der Waals surface area contributed by atoms with Gasteiger partial charge in [-0.15, -0.1) is 0 Å². The Morgan fingerprint density at radius 2 is 1.53 bits per heavy atom. The van der Waals surface area contributed by atoms with Crippen molar-refractivity contribution in [2.75, 3.05) is 20.8 Å². The van der Waals surface area contributed by atoms with Crippen LogP contribution in [0, 0.1) is 0 Å². The maximum absolute atomic E-state index is 12.6. The van der Waals surface area contributed by atoms with Crippen molar-refractivity contribution < 1.29 is 28.8 Å². The lowest BCUT2D eigenvalue weighted by Crippen LogP contribution is -2.38. The first-order chi connectivity index (χ1) is 20.8. The van der Waals surface area contributed by atoms with E-state index in [4.69, 9.17) is 18.9 Å². The Balaban J connectivity index is 1.53. The molecular formula is C33H32N2O8. The van der Waals surface area contributed by atoms with Crippen molar-refractivity contribution in [1.82, 2.24) is 9.55 Å². The van der Waals surface area contributed by atoms with E-state index >= 15 is 0 Å². The zero-order valence-corrected chi connectivity index (χ0v) is 23.8. The first kappa shape index (κ1) is 29.7. The van der Waals surface area contributed by atoms with Crippen molar-refractivity contribution in [2.45, 2.75) is 30.5 Å². The van der Waals surface area contributed by atoms with E-state index in [1.165, 1.54) is 0 Å². The third-order valence-corrected chi connectivity index (χ3v) is 7.57. The summed E-state index contributed by atoms with van der Waals surface area (Å²) in [5.74, 6) is 0.719. The molecule has 3 atom stereocenters. The predicted octanol–water partition coefficient (Wildman–Crippen LogP) is 3.58. The fraction of sp³-hybridized carbons (Fsp3) is 0.242. The number of aromatic nitrogens is 2. The van der Waals surface area contributed by atoms with Gasteiger partial charge in [0.1, 0.15) is 35.0 Å². The molecule has 1 aromatic heterocycles. The van der Waals surface area contributed by atoms with Crippen molar-refractivity contribution >= 4 is 5.78 Å². The second kappa shape index (κ2) is 12.6. The van der Waals surface area contributed by atoms with Gasteiger partial charge in [-0.05, 0) is 47.0 Å². The van der Waals surface area contributed by atoms with Crippen molar-refractivity contribution in [2.24, 2.45) is 0 Å². The highest BCUT2D eigenvalue weighted by Gasteiger charge is 2.42. The van der Waals surface area contributed by atoms with Crippen LogP contribution in [0.2, 0.25) is 0 Å². The molecule has 1 aliphatic rings. The topological polar surface area (TPSA) is 129 Å². The molecule has 2 heterocycles. The van der Waals surface area contributed by atoms with Gasteiger partial charge in [0.15, 0.2) is 5.78 Å². The number of allylic oxidation sites excluding steroid dienone is 1. The van der Waals surface area contributed by atoms with Crippen LogP contribution in [-0.4, -0.2) is 53.5 Å². The third kappa shape index (κ3) is 5.80. The van der Waals surface area contributed by atoms with Gasteiger partial charge in [0.2, 0.25) is 0 Å². The molecule has 0 radical (unpaired) electrons. The molecule has 0 amide bonds. The number of rotatable bonds is 11. The average molecular weight is 585 g/mol. The lowest BCUT2D eigenvalue weighted by atomic mass is 9.80. The van der Waals surface area contributed by atoms with Gasteiger partial charge in [0.25, 0.3) is 5.56 Å². The first-order valence-electron chi connectivity index (χ1n) is 13.6. The number of nitrogens with one attached hydrogen (secondary N) is 1. The molecule has 0 aliphatic carbocycles. The molecule has 0 spiro atoms. The van der Waals surface area contributed by atoms with E-state index in [0.717, 1.165) is 33.5 Å². The Morgan fingerprint density at radius 1 is 0.977 bits per heavy atom. The van der Waals surface area contributed by atoms with Crippen molar-refractivity contribution in [3.63, 3.8) is 0 Å². The lowest BCUT2D eigenvalue weighted by Gasteiger charge is -2.37. The largest absolute Gasteiger partial charge is 0.497 e. The standard InChI is InChI=1S/C33H32N2O8/c1-4-27(36)26-19-35(32(39)34-31(26)38)30-18-28(37)29(43-30)20-42-33(21-8-6-5-7-9-21,22-10-14-24(40-2)15-11-22)23-12-16-25(41-3)17-13-23/h4-17,19,28-30,37H,1,18,20H2,2-3H3,(H,34,38,39)/t28-,29+,30+/m0/s1. The molecule has 2 N–H and O–H groups in total. The van der Waals surface area contributed by atoms with Crippen LogP contribution in [0.1, 0.15) is 39.7 Å². The highest BCUT2D eigenvalue weighted by atomic mass is 16.6. The smallest absolute Gasteiger partial charge is 0.330 e. The normalized spacial score (nSPS) is 18.3. The number of hydrogen-bond donors (Lipinski definition) is 2. The highest BCUT2D eigenvalue weighted by Crippen LogP contribution is 2.42. The van der Waals surface area contributed by atoms with Gasteiger partial charge < -0.3 is 24.1 Å². The van der Waals surface area contributed by atoms with E-state index in [-0.39, 0.29) is 18.6 Å². The number of hydrogen-bond acceptors (Lipinski definition) is 8. The molecular weight excluding hydrogens is 552 g/mol. The lowest BCUT2D eigenvalue weighted by molar-refractivity contribution is -0.0944. The fourth-order valence-corrected chi connectivity index (χ4v) is 5.30. The number of nitrogens with zero attached hydrogens (tertiary/aromatic N) is 1. The molecule has 1 fully saturated rings. The van der Waals surface area contributed by atoms with Crippen LogP contribution in [0.15, 0.2) is 107 Å². The molecule has 10 heteroatoms. The fourth-order valence-electron chi connectivity index (χ4n) is 5.30. The van der Waals surface area contributed by atoms with Gasteiger partial charge in [-0.2, -0.15) is 0 Å². The zero-order chi connectivity index (χ0) is 30.6. The quantitative estimate of drug-likeness (QED) is 0.156. The predicted molar refractivity (Wildman–Crippen MR) is 159 cm³/mol. The maximum atomic E-state index is 12.6. The third-order valence-electron chi connectivity index (χ3n) is 7.57. The maximum Gasteiger partial charge on any atom is 0.330 e. The minimum absolute atomic E-state index is 0.0328. The number of methoxy groups -OCH3 is 2. The molecule has 43 heavy (non-hydrogen) atoms. The van der Waals surface area contributed by atoms with E-state index in [2.05, 4.69) is 11.6 Å². The number of aliphatic hydroxyl groups is 1. The van der Waals surface area contributed by atoms with E-state index in [0.29, 0.717) is 11.5 Å². The van der Waals surface area contributed by atoms with Gasteiger partial charge in [-0.3, -0.25) is 19.1 Å². The van der Waals surface area contributed by atoms with Crippen LogP contribution in [0.5, 0.6) is 11.5 Å². The second-order valence-corrected chi connectivity index (χ2v) is 10.0. The Hall–Kier alpha value is -4.77. The Kier molecular flexibility index (Phi) is 8.72. The summed E-state index contributed by atoms with van der Waals surface area (Å²) < 4.78 is 24.8. The molecule has 0 unspecified atom stereocenters. The number of carbonyl (C=O) groups excluding carboxylic acids is 1. The summed E-state index contributed by atoms with van der Waals surface area (Å²) in [5, 5.41) is 11.0. The van der Waals surface area contributed by atoms with Crippen LogP contribution in [0.3, 0.4) is 0 Å². The molecule has 4 aromatic rings. The van der Waals surface area contributed by atoms with Gasteiger partial charge in [-0.25, -0.2) is 4.79 Å². The van der Waals surface area contributed by atoms with Crippen molar-refractivity contribution in [1.29, 1.82) is 0 Å². The highest BCUT2D eigenvalue weighted by molar-refractivity contribution is 6.03. The Morgan fingerprint density at radius 3 is 2.07 bits per heavy atom. The number of H-pyrrole nitrogens is 1. The summed E-state index contributed by atoms with van der Waals surface area (Å²) in [4.78, 5) is 39.1. The molecule has 0 bridgehead atoms. The van der Waals surface area contributed by atoms with Crippen LogP contribution >= 0.6 is 0 Å². The molecule has 1 saturated heterocycles. The molecule has 10 nitrogen and oxygen atoms in total. The van der Waals surface area contributed by atoms with Crippen LogP contribution in [0.25, 0.3) is 0 Å². The summed E-state index contributed by atoms with van der Waals surface area (Å²) in [6.07, 6.45) is -0.649. The summed E-state index contributed by atoms with van der Waals surface area (Å²) >= 11 is 0. The van der Waals surface area contributed by atoms with E-state index in [1.807, 2.05) is 78.9 Å². The van der Waals surface area contributed by atoms with Gasteiger partial charge in [-0.1, -0.05) is 61.2 Å². The second-order valence-electron chi connectivity index (χ2n) is 10.0. The summed E-state index contributed by atoms with van der Waals surface area (Å²) in [7, 11) is 3.19. The molecule has 0 saturated carbocycles. The summed E-state index contributed by atoms with van der Waals surface area (Å²) in [6.45, 7) is 3.33. The van der Waals surface area contributed by atoms with Crippen LogP contribution in [0.4, 0.5) is 0 Å². The Bertz CT molecular complexity index is 1650. The van der Waals surface area contributed by atoms with Gasteiger partial charge in [0.05, 0.1) is 26.9 Å². The first-order valence-corrected chi connectivity index (χ1v) is 13.6. The molecule has 1 aliphatic heterocycles. The van der Waals surface area contributed by atoms with Crippen molar-refractivity contribution in [3.05, 3.63) is 141 Å². The molecule has 3 aromatic carbocycles. The van der Waals surface area contributed by atoms with Crippen molar-refractivity contribution in [3.8, 4) is 11.5 Å². The SMILES string of the molecule is C=CC(=O)c1cn([C@H]2C[C@H](O)[C@@H](COC(c3ccccc3)(c3ccc(OC)cc3)c3ccc(OC)cc3)O2)c(=O)[nH]c1=O. The number of benzene rings is 3. The zero-order valence-electron chi connectivity index (χ0n) is 23.8. The minimum Gasteiger partial charge on any atom is -0.497 e. The van der Waals surface area contributed by atoms with Crippen LogP contribution in [-0.2, 0) is 15.1 Å². The number of ketones is 1. The van der Waals surface area contributed by atoms with E-state index in [1.54, 1.807) is 14.2 Å². The number of carbonyl (C=O) groups is 1. The minimum atomic E-state index is -1.14. The number of ether oxygens (including phenoxy) is 4. The number of aliphatic hydroxyl groups excluding tert-OH is 1. The average Bonchev–Trinajstić information content (AvgIpc) is 3.41. The van der Waals surface area contributed by atoms with Gasteiger partial charge in [0, 0.05) is 12.6 Å². The molecule has 5 rings (SSSR count). The molecule has 222 valence electrons. The summed E-state index contributed by atoms with van der Waals surface area (Å²) in [5.41, 5.74) is -0.542. The Labute approximate surface area is 247 Å². The van der Waals surface area contributed by atoms with E-state index < -0.39 is 41.1 Å². The van der Waals surface area contributed by atoms with Crippen LogP contribution < -0.4 is 20.7 Å². The number of aromatic amines is 1. The van der Waals surface area contributed by atoms with Gasteiger partial charge >= 0.3 is 5.69 Å². The summed E-state index contributed by atoms with van der Waals surface area (Å²) in [6, 6.07) is 24.7. The van der Waals surface area contributed by atoms with E-state index in [9.17, 15) is 19.5 Å².